The largest absolute Gasteiger partial charge is 0.481 e. The highest BCUT2D eigenvalue weighted by molar-refractivity contribution is 6.02. The van der Waals surface area contributed by atoms with Crippen LogP contribution in [0, 0.1) is 11.3 Å². The first-order valence-electron chi connectivity index (χ1n) is 40.7. The number of carbonyl (C=O) groups excluding carboxylic acids is 18. The van der Waals surface area contributed by atoms with E-state index in [4.69, 9.17) is 45.5 Å². The highest BCUT2D eigenvalue weighted by Gasteiger charge is 2.43. The third-order valence-corrected chi connectivity index (χ3v) is 20.3. The molecule has 1 aromatic heterocycles. The Bertz CT molecular complexity index is 4190. The lowest BCUT2D eigenvalue weighted by Crippen LogP contribution is -2.63. The van der Waals surface area contributed by atoms with E-state index < -0.39 is 303 Å². The lowest BCUT2D eigenvalue weighted by molar-refractivity contribution is -0.143. The van der Waals surface area contributed by atoms with E-state index in [-0.39, 0.29) is 64.6 Å². The number of primary amides is 4. The zero-order valence-electron chi connectivity index (χ0n) is 70.7. The number of unbranched alkanes of at least 4 members (excludes halogenated alkanes) is 1. The van der Waals surface area contributed by atoms with Crippen molar-refractivity contribution in [1.29, 1.82) is 5.41 Å². The van der Waals surface area contributed by atoms with Gasteiger partial charge < -0.3 is 155 Å². The molecule has 50 nitrogen and oxygen atoms in total. The van der Waals surface area contributed by atoms with Crippen molar-refractivity contribution in [2.24, 2.45) is 46.1 Å². The Kier molecular flexibility index (Phi) is 45.5. The molecule has 126 heavy (non-hydrogen) atoms. The van der Waals surface area contributed by atoms with E-state index in [2.05, 4.69) is 74.1 Å². The zero-order chi connectivity index (χ0) is 95.1. The number of H-pyrrole nitrogens is 1. The molecule has 1 aromatic carbocycles. The molecule has 19 atom stereocenters. The van der Waals surface area contributed by atoms with E-state index in [0.717, 1.165) is 32.6 Å². The van der Waals surface area contributed by atoms with Gasteiger partial charge in [0.1, 0.15) is 84.6 Å². The van der Waals surface area contributed by atoms with Crippen LogP contribution in [0.4, 0.5) is 0 Å². The highest BCUT2D eigenvalue weighted by Crippen LogP contribution is 2.23. The predicted molar refractivity (Wildman–Crippen MR) is 443 cm³/mol. The van der Waals surface area contributed by atoms with Crippen molar-refractivity contribution in [3.05, 3.63) is 36.0 Å². The van der Waals surface area contributed by atoms with Crippen molar-refractivity contribution in [3.8, 4) is 0 Å². The fourth-order valence-corrected chi connectivity index (χ4v) is 12.9. The van der Waals surface area contributed by atoms with E-state index in [1.807, 2.05) is 5.32 Å². The first-order chi connectivity index (χ1) is 59.2. The summed E-state index contributed by atoms with van der Waals surface area (Å²) in [4.78, 5) is 273. The van der Waals surface area contributed by atoms with E-state index in [1.165, 1.54) is 0 Å². The molecule has 18 amide bonds. The summed E-state index contributed by atoms with van der Waals surface area (Å²) in [5, 5.41) is 104. The van der Waals surface area contributed by atoms with Crippen LogP contribution in [0.3, 0.4) is 0 Å². The molecule has 0 unspecified atom stereocenters. The van der Waals surface area contributed by atoms with Crippen LogP contribution in [-0.4, -0.2) is 300 Å². The van der Waals surface area contributed by atoms with Gasteiger partial charge in [0.15, 0.2) is 5.96 Å². The van der Waals surface area contributed by atoms with Crippen molar-refractivity contribution < 1.29 is 127 Å². The minimum absolute atomic E-state index is 0.0370. The summed E-state index contributed by atoms with van der Waals surface area (Å²) < 4.78 is 0. The minimum atomic E-state index is -2.19. The number of para-hydroxylation sites is 1. The summed E-state index contributed by atoms with van der Waals surface area (Å²) in [6.07, 6.45) is -9.61. The van der Waals surface area contributed by atoms with E-state index in [1.54, 1.807) is 44.3 Å². The maximum absolute atomic E-state index is 14.8. The van der Waals surface area contributed by atoms with Crippen LogP contribution in [0.1, 0.15) is 156 Å². The first-order valence-corrected chi connectivity index (χ1v) is 40.7. The summed E-state index contributed by atoms with van der Waals surface area (Å²) >= 11 is 0. The molecule has 36 N–H and O–H groups in total. The van der Waals surface area contributed by atoms with Crippen LogP contribution in [-0.2, 0) is 102 Å². The van der Waals surface area contributed by atoms with Crippen LogP contribution < -0.4 is 115 Å². The number of guanidine groups is 1. The first kappa shape index (κ1) is 107. The number of benzene rings is 1. The topological polar surface area (TPSA) is 856 Å². The lowest BCUT2D eigenvalue weighted by atomic mass is 9.98. The summed E-state index contributed by atoms with van der Waals surface area (Å²) in [5.41, 5.74) is 39.8. The number of aliphatic carboxylic acids is 2. The maximum Gasteiger partial charge on any atom is 0.326 e. The zero-order valence-corrected chi connectivity index (χ0v) is 70.7. The number of amides is 18. The molecule has 0 radical (unpaired) electrons. The summed E-state index contributed by atoms with van der Waals surface area (Å²) in [5.74, 6) is -24.7. The average molecular weight is 1790 g/mol. The third-order valence-electron chi connectivity index (χ3n) is 20.3. The number of nitrogens with zero attached hydrogens (tertiary/aromatic N) is 1. The number of hydrogen-bond acceptors (Lipinski definition) is 27. The number of aromatic amines is 1. The predicted octanol–water partition coefficient (Wildman–Crippen LogP) is -11.5. The van der Waals surface area contributed by atoms with Crippen molar-refractivity contribution >= 4 is 135 Å². The lowest BCUT2D eigenvalue weighted by Gasteiger charge is -2.32. The molecule has 1 saturated heterocycles. The molecule has 0 saturated carbocycles. The van der Waals surface area contributed by atoms with E-state index >= 15 is 0 Å². The molecule has 0 spiro atoms. The van der Waals surface area contributed by atoms with Gasteiger partial charge in [-0.3, -0.25) is 96.5 Å². The Morgan fingerprint density at radius 2 is 0.881 bits per heavy atom. The van der Waals surface area contributed by atoms with Crippen molar-refractivity contribution in [1.82, 2.24) is 84.3 Å². The van der Waals surface area contributed by atoms with Crippen LogP contribution in [0.2, 0.25) is 0 Å². The molecule has 0 bridgehead atoms. The molecule has 1 aliphatic heterocycles. The molecule has 0 aliphatic carbocycles. The second-order valence-electron chi connectivity index (χ2n) is 30.5. The highest BCUT2D eigenvalue weighted by atomic mass is 16.4. The molecule has 3 rings (SSSR count). The summed E-state index contributed by atoms with van der Waals surface area (Å²) in [7, 11) is 0. The van der Waals surface area contributed by atoms with Crippen molar-refractivity contribution in [2.45, 2.75) is 266 Å². The number of likely N-dealkylation sites (tertiary alicyclic amines) is 1. The summed E-state index contributed by atoms with van der Waals surface area (Å²) in [6.45, 7) is 6.21. The van der Waals surface area contributed by atoms with Crippen LogP contribution in [0.15, 0.2) is 30.5 Å². The van der Waals surface area contributed by atoms with Crippen LogP contribution in [0.5, 0.6) is 0 Å². The fourth-order valence-electron chi connectivity index (χ4n) is 12.9. The quantitative estimate of drug-likeness (QED) is 0.0166. The molecule has 2 heterocycles. The molecule has 2 aromatic rings. The van der Waals surface area contributed by atoms with Crippen LogP contribution >= 0.6 is 0 Å². The van der Waals surface area contributed by atoms with Gasteiger partial charge in [0, 0.05) is 62.3 Å². The summed E-state index contributed by atoms with van der Waals surface area (Å²) in [6, 6.07) is -19.5. The molecule has 1 aliphatic rings. The fraction of sp³-hybridized carbons (Fsp3) is 0.618. The Hall–Kier alpha value is -12.8. The van der Waals surface area contributed by atoms with Gasteiger partial charge in [0.25, 0.3) is 0 Å². The number of nitrogens with two attached hydrogens (primary N) is 7. The number of aliphatic hydroxyl groups is 4. The second kappa shape index (κ2) is 53.4. The normalized spacial score (nSPS) is 16.7. The van der Waals surface area contributed by atoms with Gasteiger partial charge in [-0.2, -0.15) is 0 Å². The Labute approximate surface area is 723 Å². The Morgan fingerprint density at radius 1 is 0.484 bits per heavy atom. The van der Waals surface area contributed by atoms with Gasteiger partial charge >= 0.3 is 11.9 Å². The molecule has 702 valence electrons. The van der Waals surface area contributed by atoms with Crippen molar-refractivity contribution in [2.75, 3.05) is 26.2 Å². The number of carboxylic acids is 2. The van der Waals surface area contributed by atoms with Gasteiger partial charge in [0.05, 0.1) is 37.4 Å². The number of fused-ring (bicyclic) bond motifs is 1. The molecular formula is C76H122N24O26. The van der Waals surface area contributed by atoms with Crippen LogP contribution in [0.25, 0.3) is 10.9 Å². The number of rotatable bonds is 58. The molecular weight excluding hydrogens is 1660 g/mol. The number of aliphatic hydroxyl groups excluding tert-OH is 4. The Balaban J connectivity index is 1.86. The van der Waals surface area contributed by atoms with Gasteiger partial charge in [-0.25, -0.2) is 4.79 Å². The standard InChI is InChI=1S/C76H122N24O26/c1-7-34(2)57(82)70(120)92-46(22-26-55(81)108)66(116)98-58(36(4)102)72(122)94-48(31-56(109)110)67(117)89-44(20-24-53(79)106)64(114)88-43(19-23-52(78)105)62(112)87-35(3)61(111)97-60(38(6)104)73(123)99-59(37(5)103)71(121)93-47(17-12-28-85-76(83)84)74(124)100-29-13-18-51(100)69(119)91-42(16-10-11-27-77)63(113)96-50(33-101)68(118)90-45(21-25-54(80)107)65(115)95-49(75(125)126)30-39-32-86-41-15-9-8-14-40(39)41/h8-9,14-15,32,34-38,42-51,57-60,86,101-104H,7,10-13,16-31,33,77,82H2,1-6H3,(H2,78,105)(H2,79,106)(H2,80,107)(H2,81,108)(H,87,112)(H,88,114)(H,89,117)(H,90,118)(H,91,119)(H,92,120)(H,93,121)(H,94,122)(H,95,115)(H,96,113)(H,97,111)(H,98,116)(H,99,123)(H,109,110)(H,125,126)(H4,83,84,85)/t34-,35-,36+,37+,38+,42-,43-,44-,45-,46-,47-,48-,49-,50-,51-,57-,58-,59-,60-/m0/s1. The smallest absolute Gasteiger partial charge is 0.326 e. The second-order valence-corrected chi connectivity index (χ2v) is 30.5. The molecule has 50 heteroatoms. The van der Waals surface area contributed by atoms with Gasteiger partial charge in [-0.1, -0.05) is 38.5 Å². The molecule has 1 fully saturated rings. The van der Waals surface area contributed by atoms with E-state index in [0.29, 0.717) is 29.3 Å². The number of aromatic nitrogens is 1. The SMILES string of the molecule is CC[C@H](C)[C@H](N)C(=O)N[C@@H](CCC(N)=O)C(=O)N[C@H](C(=O)N[C@@H](CC(=O)O)C(=O)N[C@@H](CCC(N)=O)C(=O)N[C@@H](CCC(N)=O)C(=O)N[C@@H](C)C(=O)N[C@H](C(=O)N[C@H](C(=O)N[C@@H](CCCNC(=N)N)C(=O)N1CCC[C@H]1C(=O)N[C@@H](CCCCN)C(=O)N[C@@H](CO)C(=O)N[C@@H](CCC(N)=O)C(=O)N[C@@H](Cc1c[nH]c2ccccc12)C(=O)O)[C@@H](C)O)[C@@H](C)O)[C@@H](C)O. The van der Waals surface area contributed by atoms with Gasteiger partial charge in [-0.15, -0.1) is 0 Å². The van der Waals surface area contributed by atoms with Crippen molar-refractivity contribution in [3.63, 3.8) is 0 Å². The van der Waals surface area contributed by atoms with E-state index in [9.17, 15) is 127 Å². The Morgan fingerprint density at radius 3 is 1.33 bits per heavy atom. The van der Waals surface area contributed by atoms with Gasteiger partial charge in [0.2, 0.25) is 106 Å². The monoisotopic (exact) mass is 1790 g/mol. The number of carbonyl (C=O) groups is 20. The third kappa shape index (κ3) is 36.2. The average Bonchev–Trinajstić information content (AvgIpc) is 1.66. The van der Waals surface area contributed by atoms with Gasteiger partial charge in [-0.05, 0) is 122 Å². The number of nitrogens with one attached hydrogen (secondary N) is 16. The number of carboxylic acid groups (broad SMARTS) is 2. The minimum Gasteiger partial charge on any atom is -0.481 e. The maximum atomic E-state index is 14.8. The number of hydrogen-bond donors (Lipinski definition) is 29.